The third kappa shape index (κ3) is 9.17. The zero-order chi connectivity index (χ0) is 26.4. The van der Waals surface area contributed by atoms with Crippen LogP contribution in [-0.4, -0.2) is 66.6 Å². The second-order valence-electron chi connectivity index (χ2n) is 8.16. The fourth-order valence-corrected chi connectivity index (χ4v) is 3.42. The lowest BCUT2D eigenvalue weighted by Crippen LogP contribution is -2.47. The van der Waals surface area contributed by atoms with Gasteiger partial charge in [0.25, 0.3) is 0 Å². The Balaban J connectivity index is 0.000000779. The zero-order valence-electron chi connectivity index (χ0n) is 22.3. The van der Waals surface area contributed by atoms with Crippen LogP contribution in [0.1, 0.15) is 40.2 Å². The van der Waals surface area contributed by atoms with Crippen molar-refractivity contribution in [3.05, 3.63) is 65.8 Å². The Morgan fingerprint density at radius 3 is 2.26 bits per heavy atom. The van der Waals surface area contributed by atoms with Gasteiger partial charge in [-0.15, -0.1) is 0 Å². The summed E-state index contributed by atoms with van der Waals surface area (Å²) in [6, 6.07) is 5.41. The van der Waals surface area contributed by atoms with Crippen molar-refractivity contribution in [2.75, 3.05) is 44.7 Å². The van der Waals surface area contributed by atoms with E-state index in [4.69, 9.17) is 0 Å². The Labute approximate surface area is 210 Å². The molecule has 1 saturated heterocycles. The molecule has 1 fully saturated rings. The van der Waals surface area contributed by atoms with Crippen molar-refractivity contribution in [2.24, 2.45) is 4.99 Å². The maximum atomic E-state index is 14.7. The summed E-state index contributed by atoms with van der Waals surface area (Å²) in [5, 5.41) is 0. The molecule has 0 radical (unpaired) electrons. The van der Waals surface area contributed by atoms with Crippen molar-refractivity contribution in [3.8, 4) is 11.3 Å². The van der Waals surface area contributed by atoms with Crippen molar-refractivity contribution >= 4 is 17.8 Å². The number of carbonyl (C=O) groups is 1. The van der Waals surface area contributed by atoms with Gasteiger partial charge in [-0.3, -0.25) is 19.7 Å². The molecule has 0 atom stereocenters. The van der Waals surface area contributed by atoms with E-state index in [1.165, 1.54) is 24.1 Å². The van der Waals surface area contributed by atoms with E-state index in [0.717, 1.165) is 38.5 Å². The number of ketones is 1. The van der Waals surface area contributed by atoms with Crippen molar-refractivity contribution < 1.29 is 9.18 Å². The molecule has 6 nitrogen and oxygen atoms in total. The number of aliphatic imine (C=N–C) groups is 1. The molecule has 1 aliphatic heterocycles. The Morgan fingerprint density at radius 1 is 1.11 bits per heavy atom. The molecule has 0 spiro atoms. The Kier molecular flexibility index (Phi) is 13.4. The molecule has 2 aromatic rings. The summed E-state index contributed by atoms with van der Waals surface area (Å²) in [5.41, 5.74) is 4.29. The number of anilines is 1. The van der Waals surface area contributed by atoms with E-state index in [0.29, 0.717) is 16.8 Å². The highest BCUT2D eigenvalue weighted by Gasteiger charge is 2.23. The fraction of sp³-hybridized carbons (Fsp3) is 0.429. The lowest BCUT2D eigenvalue weighted by Gasteiger charge is -2.36. The van der Waals surface area contributed by atoms with Crippen LogP contribution in [0.15, 0.2) is 59.4 Å². The number of aryl methyl sites for hydroxylation is 1. The summed E-state index contributed by atoms with van der Waals surface area (Å²) < 4.78 is 14.7. The molecule has 0 aliphatic carbocycles. The van der Waals surface area contributed by atoms with Gasteiger partial charge in [-0.05, 0) is 51.0 Å². The van der Waals surface area contributed by atoms with Crippen molar-refractivity contribution in [2.45, 2.75) is 41.5 Å². The molecule has 1 aromatic carbocycles. The van der Waals surface area contributed by atoms with E-state index in [1.807, 2.05) is 26.1 Å². The molecule has 0 amide bonds. The SMILES string of the molecule is C=CC(C)=O.CC.CN=CC(CN1CCN(c2nccnc2-c2cccc(C)c2F)CC1)=C(C)C. The third-order valence-corrected chi connectivity index (χ3v) is 5.41. The van der Waals surface area contributed by atoms with Crippen LogP contribution >= 0.6 is 0 Å². The predicted octanol–water partition coefficient (Wildman–Crippen LogP) is 5.54. The number of rotatable bonds is 6. The van der Waals surface area contributed by atoms with E-state index >= 15 is 0 Å². The van der Waals surface area contributed by atoms with Crippen LogP contribution in [0, 0.1) is 12.7 Å². The highest BCUT2D eigenvalue weighted by Crippen LogP contribution is 2.30. The van der Waals surface area contributed by atoms with Crippen LogP contribution in [0.4, 0.5) is 10.2 Å². The molecule has 0 bridgehead atoms. The number of halogens is 1. The number of allylic oxidation sites excluding steroid dienone is 2. The second-order valence-corrected chi connectivity index (χ2v) is 8.16. The predicted molar refractivity (Wildman–Crippen MR) is 146 cm³/mol. The van der Waals surface area contributed by atoms with Crippen LogP contribution in [-0.2, 0) is 4.79 Å². The minimum absolute atomic E-state index is 0.0185. The molecule has 0 saturated carbocycles. The quantitative estimate of drug-likeness (QED) is 0.401. The molecular weight excluding hydrogens is 441 g/mol. The summed E-state index contributed by atoms with van der Waals surface area (Å²) >= 11 is 0. The maximum Gasteiger partial charge on any atom is 0.155 e. The molecule has 0 unspecified atom stereocenters. The number of benzene rings is 1. The average molecular weight is 482 g/mol. The Hall–Kier alpha value is -3.19. The number of aromatic nitrogens is 2. The topological polar surface area (TPSA) is 61.7 Å². The van der Waals surface area contributed by atoms with Gasteiger partial charge in [-0.1, -0.05) is 38.1 Å². The lowest BCUT2D eigenvalue weighted by atomic mass is 10.1. The van der Waals surface area contributed by atoms with E-state index in [1.54, 1.807) is 38.5 Å². The first-order chi connectivity index (χ1) is 16.8. The molecule has 3 rings (SSSR count). The van der Waals surface area contributed by atoms with Crippen LogP contribution in [0.3, 0.4) is 0 Å². The Bertz CT molecular complexity index is 1020. The number of nitrogens with zero attached hydrogens (tertiary/aromatic N) is 5. The smallest absolute Gasteiger partial charge is 0.155 e. The first kappa shape index (κ1) is 29.8. The summed E-state index contributed by atoms with van der Waals surface area (Å²) in [4.78, 5) is 27.5. The molecule has 2 heterocycles. The molecule has 35 heavy (non-hydrogen) atoms. The van der Waals surface area contributed by atoms with Crippen LogP contribution in [0.2, 0.25) is 0 Å². The molecule has 1 aliphatic rings. The van der Waals surface area contributed by atoms with Crippen LogP contribution in [0.5, 0.6) is 0 Å². The van der Waals surface area contributed by atoms with Crippen LogP contribution in [0.25, 0.3) is 11.3 Å². The maximum absolute atomic E-state index is 14.7. The molecule has 0 N–H and O–H groups in total. The fourth-order valence-electron chi connectivity index (χ4n) is 3.42. The van der Waals surface area contributed by atoms with E-state index in [2.05, 4.69) is 45.2 Å². The Morgan fingerprint density at radius 2 is 1.71 bits per heavy atom. The first-order valence-electron chi connectivity index (χ1n) is 12.0. The van der Waals surface area contributed by atoms with E-state index in [9.17, 15) is 9.18 Å². The largest absolute Gasteiger partial charge is 0.352 e. The highest BCUT2D eigenvalue weighted by molar-refractivity contribution is 5.86. The average Bonchev–Trinajstić information content (AvgIpc) is 2.87. The van der Waals surface area contributed by atoms with Gasteiger partial charge in [0, 0.05) is 63.9 Å². The van der Waals surface area contributed by atoms with Crippen LogP contribution < -0.4 is 4.90 Å². The normalized spacial score (nSPS) is 13.3. The van der Waals surface area contributed by atoms with Gasteiger partial charge < -0.3 is 4.90 Å². The number of piperazine rings is 1. The third-order valence-electron chi connectivity index (χ3n) is 5.41. The van der Waals surface area contributed by atoms with Gasteiger partial charge in [0.1, 0.15) is 11.5 Å². The summed E-state index contributed by atoms with van der Waals surface area (Å²) in [6.45, 7) is 19.1. The number of carbonyl (C=O) groups excluding carboxylic acids is 1. The van der Waals surface area contributed by atoms with Gasteiger partial charge in [0.15, 0.2) is 11.6 Å². The van der Waals surface area contributed by atoms with Gasteiger partial charge in [0.05, 0.1) is 0 Å². The van der Waals surface area contributed by atoms with E-state index < -0.39 is 0 Å². The van der Waals surface area contributed by atoms with Crippen molar-refractivity contribution in [1.82, 2.24) is 14.9 Å². The minimum atomic E-state index is -0.227. The standard InChI is InChI=1S/C22H28FN5.C4H6O.C2H6/c1-16(2)18(14-24-4)15-27-10-12-28(13-11-27)22-21(25-8-9-26-22)19-7-5-6-17(3)20(19)23;1-3-4(2)5;1-2/h5-9,14H,10-13,15H2,1-4H3;3H,1H2,2H3;1-2H3. The zero-order valence-corrected chi connectivity index (χ0v) is 22.3. The summed E-state index contributed by atoms with van der Waals surface area (Å²) in [6.07, 6.45) is 6.53. The van der Waals surface area contributed by atoms with Gasteiger partial charge in [0.2, 0.25) is 0 Å². The van der Waals surface area contributed by atoms with Crippen molar-refractivity contribution in [3.63, 3.8) is 0 Å². The van der Waals surface area contributed by atoms with Crippen molar-refractivity contribution in [1.29, 1.82) is 0 Å². The number of hydrogen-bond acceptors (Lipinski definition) is 6. The molecule has 190 valence electrons. The van der Waals surface area contributed by atoms with Gasteiger partial charge in [-0.25, -0.2) is 9.37 Å². The first-order valence-corrected chi connectivity index (χ1v) is 12.0. The lowest BCUT2D eigenvalue weighted by molar-refractivity contribution is -0.112. The van der Waals surface area contributed by atoms with Gasteiger partial charge in [-0.2, -0.15) is 0 Å². The monoisotopic (exact) mass is 481 g/mol. The second kappa shape index (κ2) is 15.7. The summed E-state index contributed by atoms with van der Waals surface area (Å²) in [5.74, 6) is 0.546. The highest BCUT2D eigenvalue weighted by atomic mass is 19.1. The summed E-state index contributed by atoms with van der Waals surface area (Å²) in [7, 11) is 1.81. The minimum Gasteiger partial charge on any atom is -0.352 e. The molecule has 7 heteroatoms. The van der Waals surface area contributed by atoms with E-state index in [-0.39, 0.29) is 11.6 Å². The van der Waals surface area contributed by atoms with Gasteiger partial charge >= 0.3 is 0 Å². The number of hydrogen-bond donors (Lipinski definition) is 0. The molecular formula is C28H40FN5O. The molecule has 1 aromatic heterocycles.